The van der Waals surface area contributed by atoms with E-state index in [1.807, 2.05) is 43.9 Å². The number of fused-ring (bicyclic) bond motifs is 2. The summed E-state index contributed by atoms with van der Waals surface area (Å²) in [4.78, 5) is 28.3. The van der Waals surface area contributed by atoms with Gasteiger partial charge in [0.15, 0.2) is 0 Å². The van der Waals surface area contributed by atoms with Gasteiger partial charge in [-0.2, -0.15) is 0 Å². The first-order valence-electron chi connectivity index (χ1n) is 8.73. The summed E-state index contributed by atoms with van der Waals surface area (Å²) in [6, 6.07) is 8.02. The topological polar surface area (TPSA) is 59.1 Å². The monoisotopic (exact) mass is 346 g/mol. The average molecular weight is 346 g/mol. The first-order chi connectivity index (χ1) is 11.8. The molecule has 6 nitrogen and oxygen atoms in total. The Hall–Kier alpha value is -2.24. The van der Waals surface area contributed by atoms with Gasteiger partial charge in [-0.1, -0.05) is 6.07 Å². The summed E-state index contributed by atoms with van der Waals surface area (Å²) in [7, 11) is 1.39. The third-order valence-corrected chi connectivity index (χ3v) is 4.70. The average Bonchev–Trinajstić information content (AvgIpc) is 2.82. The van der Waals surface area contributed by atoms with Crippen LogP contribution in [0.15, 0.2) is 24.3 Å². The fourth-order valence-corrected chi connectivity index (χ4v) is 3.71. The molecule has 2 atom stereocenters. The van der Waals surface area contributed by atoms with Crippen molar-refractivity contribution in [2.75, 3.05) is 25.1 Å². The number of nitrogens with zero attached hydrogens (tertiary/aromatic N) is 2. The SMILES string of the molecule is COC(=O)c1cccc(N2[C@@H]3CC[C@H]2CN(C(=O)OC(C)(C)C)C3)c1. The molecular weight excluding hydrogens is 320 g/mol. The fourth-order valence-electron chi connectivity index (χ4n) is 3.71. The Morgan fingerprint density at radius 2 is 1.76 bits per heavy atom. The maximum absolute atomic E-state index is 12.4. The molecule has 0 N–H and O–H groups in total. The Kier molecular flexibility index (Phi) is 4.62. The van der Waals surface area contributed by atoms with Gasteiger partial charge in [-0.25, -0.2) is 9.59 Å². The maximum Gasteiger partial charge on any atom is 0.410 e. The molecule has 0 spiro atoms. The minimum Gasteiger partial charge on any atom is -0.465 e. The Morgan fingerprint density at radius 3 is 2.32 bits per heavy atom. The van der Waals surface area contributed by atoms with Gasteiger partial charge in [0.1, 0.15) is 5.60 Å². The number of hydrogen-bond donors (Lipinski definition) is 0. The molecule has 2 fully saturated rings. The van der Waals surface area contributed by atoms with Gasteiger partial charge in [0.05, 0.1) is 12.7 Å². The van der Waals surface area contributed by atoms with Gasteiger partial charge < -0.3 is 19.3 Å². The van der Waals surface area contributed by atoms with Gasteiger partial charge in [-0.05, 0) is 51.8 Å². The van der Waals surface area contributed by atoms with Crippen LogP contribution in [0.25, 0.3) is 0 Å². The van der Waals surface area contributed by atoms with Crippen LogP contribution in [0.5, 0.6) is 0 Å². The van der Waals surface area contributed by atoms with Crippen LogP contribution >= 0.6 is 0 Å². The Labute approximate surface area is 148 Å². The van der Waals surface area contributed by atoms with Crippen LogP contribution in [0.1, 0.15) is 44.0 Å². The highest BCUT2D eigenvalue weighted by molar-refractivity contribution is 5.90. The molecule has 0 radical (unpaired) electrons. The van der Waals surface area contributed by atoms with Crippen molar-refractivity contribution in [3.8, 4) is 0 Å². The lowest BCUT2D eigenvalue weighted by Gasteiger charge is -2.42. The van der Waals surface area contributed by atoms with Crippen LogP contribution in [-0.4, -0.2) is 54.8 Å². The van der Waals surface area contributed by atoms with Crippen molar-refractivity contribution in [2.24, 2.45) is 0 Å². The lowest BCUT2D eigenvalue weighted by molar-refractivity contribution is 0.0209. The summed E-state index contributed by atoms with van der Waals surface area (Å²) >= 11 is 0. The van der Waals surface area contributed by atoms with Gasteiger partial charge in [0, 0.05) is 30.9 Å². The summed E-state index contributed by atoms with van der Waals surface area (Å²) < 4.78 is 10.3. The molecular formula is C19H26N2O4. The van der Waals surface area contributed by atoms with Crippen molar-refractivity contribution < 1.29 is 19.1 Å². The summed E-state index contributed by atoms with van der Waals surface area (Å²) in [5.74, 6) is -0.332. The molecule has 2 bridgehead atoms. The first-order valence-corrected chi connectivity index (χ1v) is 8.73. The standard InChI is InChI=1S/C19H26N2O4/c1-19(2,3)25-18(23)20-11-15-8-9-16(12-20)21(15)14-7-5-6-13(10-14)17(22)24-4/h5-7,10,15-16H,8-9,11-12H2,1-4H3/t15-,16+. The van der Waals surface area contributed by atoms with Crippen LogP contribution in [0, 0.1) is 0 Å². The molecule has 0 aliphatic carbocycles. The molecule has 3 rings (SSSR count). The molecule has 136 valence electrons. The zero-order valence-corrected chi connectivity index (χ0v) is 15.3. The number of methoxy groups -OCH3 is 1. The molecule has 2 saturated heterocycles. The molecule has 1 aromatic rings. The molecule has 0 aromatic heterocycles. The molecule has 2 aliphatic heterocycles. The van der Waals surface area contributed by atoms with Crippen molar-refractivity contribution in [3.05, 3.63) is 29.8 Å². The van der Waals surface area contributed by atoms with Crippen LogP contribution < -0.4 is 4.90 Å². The lowest BCUT2D eigenvalue weighted by atomic mass is 10.1. The van der Waals surface area contributed by atoms with Crippen LogP contribution in [-0.2, 0) is 9.47 Å². The molecule has 2 heterocycles. The number of benzene rings is 1. The molecule has 6 heteroatoms. The van der Waals surface area contributed by atoms with E-state index in [2.05, 4.69) is 4.90 Å². The normalized spacial score (nSPS) is 22.7. The first kappa shape index (κ1) is 17.6. The van der Waals surface area contributed by atoms with Crippen molar-refractivity contribution >= 4 is 17.7 Å². The van der Waals surface area contributed by atoms with Gasteiger partial charge in [0.2, 0.25) is 0 Å². The predicted octanol–water partition coefficient (Wildman–Crippen LogP) is 3.06. The highest BCUT2D eigenvalue weighted by atomic mass is 16.6. The number of esters is 1. The lowest BCUT2D eigenvalue weighted by Crippen LogP contribution is -2.56. The quantitative estimate of drug-likeness (QED) is 0.770. The molecule has 0 saturated carbocycles. The van der Waals surface area contributed by atoms with E-state index in [4.69, 9.17) is 9.47 Å². The van der Waals surface area contributed by atoms with E-state index < -0.39 is 5.60 Å². The number of rotatable bonds is 2. The van der Waals surface area contributed by atoms with Crippen LogP contribution in [0.3, 0.4) is 0 Å². The zero-order valence-electron chi connectivity index (χ0n) is 15.3. The smallest absolute Gasteiger partial charge is 0.410 e. The number of ether oxygens (including phenoxy) is 2. The fraction of sp³-hybridized carbons (Fsp3) is 0.579. The summed E-state index contributed by atoms with van der Waals surface area (Å²) in [6.07, 6.45) is 1.83. The van der Waals surface area contributed by atoms with Crippen molar-refractivity contribution in [3.63, 3.8) is 0 Å². The van der Waals surface area contributed by atoms with E-state index in [1.54, 1.807) is 6.07 Å². The Bertz CT molecular complexity index is 654. The number of hydrogen-bond acceptors (Lipinski definition) is 5. The van der Waals surface area contributed by atoms with Crippen molar-refractivity contribution in [1.82, 2.24) is 4.90 Å². The second kappa shape index (κ2) is 6.58. The van der Waals surface area contributed by atoms with Gasteiger partial charge >= 0.3 is 12.1 Å². The van der Waals surface area contributed by atoms with E-state index in [0.717, 1.165) is 18.5 Å². The van der Waals surface area contributed by atoms with Gasteiger partial charge in [-0.3, -0.25) is 0 Å². The highest BCUT2D eigenvalue weighted by Gasteiger charge is 2.42. The second-order valence-electron chi connectivity index (χ2n) is 7.72. The Balaban J connectivity index is 1.75. The second-order valence-corrected chi connectivity index (χ2v) is 7.72. The van der Waals surface area contributed by atoms with Crippen molar-refractivity contribution in [2.45, 2.75) is 51.3 Å². The van der Waals surface area contributed by atoms with Crippen LogP contribution in [0.4, 0.5) is 10.5 Å². The summed E-state index contributed by atoms with van der Waals surface area (Å²) in [5.41, 5.74) is 1.08. The van der Waals surface area contributed by atoms with Gasteiger partial charge in [-0.15, -0.1) is 0 Å². The zero-order chi connectivity index (χ0) is 18.2. The van der Waals surface area contributed by atoms with Gasteiger partial charge in [0.25, 0.3) is 0 Å². The molecule has 2 aliphatic rings. The van der Waals surface area contributed by atoms with E-state index in [9.17, 15) is 9.59 Å². The third-order valence-electron chi connectivity index (χ3n) is 4.70. The summed E-state index contributed by atoms with van der Waals surface area (Å²) in [6.45, 7) is 6.94. The van der Waals surface area contributed by atoms with E-state index in [-0.39, 0.29) is 24.1 Å². The number of likely N-dealkylation sites (tertiary alicyclic amines) is 1. The van der Waals surface area contributed by atoms with Crippen molar-refractivity contribution in [1.29, 1.82) is 0 Å². The number of carbonyl (C=O) groups is 2. The van der Waals surface area contributed by atoms with E-state index in [1.165, 1.54) is 7.11 Å². The summed E-state index contributed by atoms with van der Waals surface area (Å²) in [5, 5.41) is 0. The Morgan fingerprint density at radius 1 is 1.12 bits per heavy atom. The number of anilines is 1. The highest BCUT2D eigenvalue weighted by Crippen LogP contribution is 2.35. The molecule has 1 aromatic carbocycles. The maximum atomic E-state index is 12.4. The van der Waals surface area contributed by atoms with E-state index >= 15 is 0 Å². The van der Waals surface area contributed by atoms with E-state index in [0.29, 0.717) is 18.7 Å². The van der Waals surface area contributed by atoms with Crippen LogP contribution in [0.2, 0.25) is 0 Å². The molecule has 0 unspecified atom stereocenters. The minimum atomic E-state index is -0.484. The molecule has 25 heavy (non-hydrogen) atoms. The number of piperazine rings is 1. The largest absolute Gasteiger partial charge is 0.465 e. The number of carbonyl (C=O) groups excluding carboxylic acids is 2. The minimum absolute atomic E-state index is 0.243. The predicted molar refractivity (Wildman–Crippen MR) is 94.9 cm³/mol. The molecule has 1 amide bonds. The number of amides is 1. The third kappa shape index (κ3) is 3.72.